The smallest absolute Gasteiger partial charge is 0.277 e. The van der Waals surface area contributed by atoms with Crippen molar-refractivity contribution in [3.63, 3.8) is 0 Å². The van der Waals surface area contributed by atoms with Gasteiger partial charge in [-0.2, -0.15) is 5.10 Å². The molecule has 29 heavy (non-hydrogen) atoms. The molecule has 0 spiro atoms. The normalized spacial score (nSPS) is 10.7. The standard InChI is InChI=1S/C24H24N2O3/c1-18-12-13-22(19(2)14-18)29-17-24(27)26-25-15-21-10-6-7-11-23(21)28-16-20-8-4-3-5-9-20/h3-15H,16-17H2,1-2H3,(H,26,27)/b25-15+. The molecule has 3 rings (SSSR count). The topological polar surface area (TPSA) is 59.9 Å². The Balaban J connectivity index is 1.52. The number of carbonyl (C=O) groups is 1. The van der Waals surface area contributed by atoms with E-state index < -0.39 is 0 Å². The van der Waals surface area contributed by atoms with Crippen molar-refractivity contribution in [2.45, 2.75) is 20.5 Å². The number of carbonyl (C=O) groups excluding carboxylic acids is 1. The summed E-state index contributed by atoms with van der Waals surface area (Å²) < 4.78 is 11.4. The predicted octanol–water partition coefficient (Wildman–Crippen LogP) is 4.41. The zero-order valence-corrected chi connectivity index (χ0v) is 16.6. The van der Waals surface area contributed by atoms with Gasteiger partial charge in [0.15, 0.2) is 6.61 Å². The molecule has 0 radical (unpaired) electrons. The molecule has 1 N–H and O–H groups in total. The second-order valence-corrected chi connectivity index (χ2v) is 6.66. The third-order valence-corrected chi connectivity index (χ3v) is 4.24. The minimum atomic E-state index is -0.330. The van der Waals surface area contributed by atoms with Crippen LogP contribution >= 0.6 is 0 Å². The Hall–Kier alpha value is -3.60. The van der Waals surface area contributed by atoms with E-state index in [1.807, 2.05) is 86.6 Å². The van der Waals surface area contributed by atoms with Crippen LogP contribution in [0.5, 0.6) is 11.5 Å². The lowest BCUT2D eigenvalue weighted by atomic mass is 10.1. The van der Waals surface area contributed by atoms with Gasteiger partial charge in [-0.05, 0) is 43.2 Å². The molecule has 0 saturated carbocycles. The Morgan fingerprint density at radius 2 is 1.69 bits per heavy atom. The quantitative estimate of drug-likeness (QED) is 0.459. The average Bonchev–Trinajstić information content (AvgIpc) is 2.73. The summed E-state index contributed by atoms with van der Waals surface area (Å²) in [5, 5.41) is 4.02. The van der Waals surface area contributed by atoms with Crippen molar-refractivity contribution in [2.75, 3.05) is 6.61 Å². The van der Waals surface area contributed by atoms with Crippen molar-refractivity contribution in [1.29, 1.82) is 0 Å². The number of hydrogen-bond acceptors (Lipinski definition) is 4. The number of hydrazone groups is 1. The molecular formula is C24H24N2O3. The first-order valence-corrected chi connectivity index (χ1v) is 9.39. The molecular weight excluding hydrogens is 364 g/mol. The highest BCUT2D eigenvalue weighted by atomic mass is 16.5. The molecule has 3 aromatic carbocycles. The third kappa shape index (κ3) is 6.21. The number of ether oxygens (including phenoxy) is 2. The van der Waals surface area contributed by atoms with Gasteiger partial charge in [-0.1, -0.05) is 60.2 Å². The van der Waals surface area contributed by atoms with E-state index in [2.05, 4.69) is 10.5 Å². The molecule has 0 unspecified atom stereocenters. The molecule has 1 amide bonds. The number of nitrogens with one attached hydrogen (secondary N) is 1. The van der Waals surface area contributed by atoms with E-state index in [9.17, 15) is 4.79 Å². The number of hydrogen-bond donors (Lipinski definition) is 1. The van der Waals surface area contributed by atoms with Crippen molar-refractivity contribution in [2.24, 2.45) is 5.10 Å². The van der Waals surface area contributed by atoms with Crippen LogP contribution in [-0.4, -0.2) is 18.7 Å². The molecule has 148 valence electrons. The first kappa shape index (κ1) is 20.1. The van der Waals surface area contributed by atoms with Gasteiger partial charge in [0.1, 0.15) is 18.1 Å². The average molecular weight is 388 g/mol. The van der Waals surface area contributed by atoms with Crippen LogP contribution < -0.4 is 14.9 Å². The zero-order chi connectivity index (χ0) is 20.5. The van der Waals surface area contributed by atoms with E-state index in [-0.39, 0.29) is 12.5 Å². The summed E-state index contributed by atoms with van der Waals surface area (Å²) in [6.45, 7) is 4.32. The monoisotopic (exact) mass is 388 g/mol. The third-order valence-electron chi connectivity index (χ3n) is 4.24. The van der Waals surface area contributed by atoms with Crippen LogP contribution in [-0.2, 0) is 11.4 Å². The molecule has 0 heterocycles. The lowest BCUT2D eigenvalue weighted by molar-refractivity contribution is -0.123. The molecule has 5 nitrogen and oxygen atoms in total. The number of para-hydroxylation sites is 1. The van der Waals surface area contributed by atoms with E-state index >= 15 is 0 Å². The maximum absolute atomic E-state index is 12.0. The lowest BCUT2D eigenvalue weighted by Crippen LogP contribution is -2.24. The minimum Gasteiger partial charge on any atom is -0.488 e. The number of benzene rings is 3. The fourth-order valence-electron chi connectivity index (χ4n) is 2.76. The highest BCUT2D eigenvalue weighted by molar-refractivity contribution is 5.85. The highest BCUT2D eigenvalue weighted by Gasteiger charge is 2.05. The van der Waals surface area contributed by atoms with E-state index in [1.54, 1.807) is 6.21 Å². The summed E-state index contributed by atoms with van der Waals surface area (Å²) in [6.07, 6.45) is 1.56. The summed E-state index contributed by atoms with van der Waals surface area (Å²) in [5.41, 5.74) is 6.48. The van der Waals surface area contributed by atoms with E-state index in [0.29, 0.717) is 18.1 Å². The summed E-state index contributed by atoms with van der Waals surface area (Å²) in [7, 11) is 0. The Bertz CT molecular complexity index is 984. The molecule has 0 bridgehead atoms. The highest BCUT2D eigenvalue weighted by Crippen LogP contribution is 2.19. The first-order chi connectivity index (χ1) is 14.1. The molecule has 0 aliphatic carbocycles. The van der Waals surface area contributed by atoms with Gasteiger partial charge in [-0.25, -0.2) is 5.43 Å². The van der Waals surface area contributed by atoms with Gasteiger partial charge >= 0.3 is 0 Å². The SMILES string of the molecule is Cc1ccc(OCC(=O)N/N=C/c2ccccc2OCc2ccccc2)c(C)c1. The molecule has 5 heteroatoms. The van der Waals surface area contributed by atoms with E-state index in [0.717, 1.165) is 22.3 Å². The van der Waals surface area contributed by atoms with Gasteiger partial charge in [0, 0.05) is 5.56 Å². The van der Waals surface area contributed by atoms with Crippen LogP contribution in [0.25, 0.3) is 0 Å². The second-order valence-electron chi connectivity index (χ2n) is 6.66. The Kier molecular flexibility index (Phi) is 7.00. The predicted molar refractivity (Wildman–Crippen MR) is 114 cm³/mol. The van der Waals surface area contributed by atoms with Gasteiger partial charge in [0.2, 0.25) is 0 Å². The Morgan fingerprint density at radius 1 is 0.931 bits per heavy atom. The van der Waals surface area contributed by atoms with Gasteiger partial charge < -0.3 is 9.47 Å². The maximum atomic E-state index is 12.0. The number of aryl methyl sites for hydroxylation is 2. The summed E-state index contributed by atoms with van der Waals surface area (Å²) in [6, 6.07) is 23.3. The van der Waals surface area contributed by atoms with Gasteiger partial charge in [-0.3, -0.25) is 4.79 Å². The summed E-state index contributed by atoms with van der Waals surface area (Å²) in [5.74, 6) is 1.05. The minimum absolute atomic E-state index is 0.104. The Labute approximate surface area is 171 Å². The molecule has 0 saturated heterocycles. The van der Waals surface area contributed by atoms with Crippen molar-refractivity contribution in [3.8, 4) is 11.5 Å². The van der Waals surface area contributed by atoms with Crippen molar-refractivity contribution in [1.82, 2.24) is 5.43 Å². The van der Waals surface area contributed by atoms with Crippen molar-refractivity contribution in [3.05, 3.63) is 95.1 Å². The van der Waals surface area contributed by atoms with Crippen LogP contribution in [0.2, 0.25) is 0 Å². The van der Waals surface area contributed by atoms with Crippen LogP contribution in [0.15, 0.2) is 77.9 Å². The number of rotatable bonds is 8. The van der Waals surface area contributed by atoms with Gasteiger partial charge in [0.05, 0.1) is 6.21 Å². The van der Waals surface area contributed by atoms with Crippen molar-refractivity contribution >= 4 is 12.1 Å². The van der Waals surface area contributed by atoms with Crippen LogP contribution in [0.3, 0.4) is 0 Å². The molecule has 0 aliphatic rings. The molecule has 0 atom stereocenters. The van der Waals surface area contributed by atoms with Crippen LogP contribution in [0.4, 0.5) is 0 Å². The number of amides is 1. The van der Waals surface area contributed by atoms with Gasteiger partial charge in [-0.15, -0.1) is 0 Å². The second kappa shape index (κ2) is 10.1. The maximum Gasteiger partial charge on any atom is 0.277 e. The Morgan fingerprint density at radius 3 is 2.48 bits per heavy atom. The molecule has 0 aliphatic heterocycles. The molecule has 0 fully saturated rings. The van der Waals surface area contributed by atoms with E-state index in [1.165, 1.54) is 0 Å². The fraction of sp³-hybridized carbons (Fsp3) is 0.167. The molecule has 3 aromatic rings. The zero-order valence-electron chi connectivity index (χ0n) is 16.6. The molecule has 0 aromatic heterocycles. The van der Waals surface area contributed by atoms with E-state index in [4.69, 9.17) is 9.47 Å². The first-order valence-electron chi connectivity index (χ1n) is 9.39. The van der Waals surface area contributed by atoms with Gasteiger partial charge in [0.25, 0.3) is 5.91 Å². The van der Waals surface area contributed by atoms with Crippen molar-refractivity contribution < 1.29 is 14.3 Å². The van der Waals surface area contributed by atoms with Crippen LogP contribution in [0.1, 0.15) is 22.3 Å². The fourth-order valence-corrected chi connectivity index (χ4v) is 2.76. The lowest BCUT2D eigenvalue weighted by Gasteiger charge is -2.09. The summed E-state index contributed by atoms with van der Waals surface area (Å²) in [4.78, 5) is 12.0. The van der Waals surface area contributed by atoms with Crippen LogP contribution in [0, 0.1) is 13.8 Å². The number of nitrogens with zero attached hydrogens (tertiary/aromatic N) is 1. The largest absolute Gasteiger partial charge is 0.488 e. The summed E-state index contributed by atoms with van der Waals surface area (Å²) >= 11 is 0.